The molecule has 1 aromatic heterocycles. The van der Waals surface area contributed by atoms with Crippen molar-refractivity contribution in [1.29, 1.82) is 0 Å². The van der Waals surface area contributed by atoms with E-state index in [-0.39, 0.29) is 0 Å². The van der Waals surface area contributed by atoms with E-state index in [0.29, 0.717) is 0 Å². The number of aromatic nitrogens is 2. The van der Waals surface area contributed by atoms with Crippen LogP contribution in [0.2, 0.25) is 0 Å². The fourth-order valence-corrected chi connectivity index (χ4v) is 2.09. The van der Waals surface area contributed by atoms with Gasteiger partial charge in [0.1, 0.15) is 0 Å². The summed E-state index contributed by atoms with van der Waals surface area (Å²) in [6.07, 6.45) is 4.10. The third-order valence-electron chi connectivity index (χ3n) is 3.16. The fourth-order valence-electron chi connectivity index (χ4n) is 2.09. The molecular formula is C14H22N4. The van der Waals surface area contributed by atoms with E-state index in [0.717, 1.165) is 31.6 Å². The van der Waals surface area contributed by atoms with Crippen LogP contribution in [-0.4, -0.2) is 36.2 Å². The number of fused-ring (bicyclic) bond motifs is 1. The molecule has 0 fully saturated rings. The second-order valence-corrected chi connectivity index (χ2v) is 4.64. The van der Waals surface area contributed by atoms with Gasteiger partial charge in [-0.2, -0.15) is 0 Å². The second kappa shape index (κ2) is 6.52. The van der Waals surface area contributed by atoms with Gasteiger partial charge in [-0.15, -0.1) is 0 Å². The Hall–Kier alpha value is -1.39. The first kappa shape index (κ1) is 13.1. The lowest BCUT2D eigenvalue weighted by Gasteiger charge is -2.05. The van der Waals surface area contributed by atoms with Crippen molar-refractivity contribution in [2.24, 2.45) is 7.05 Å². The summed E-state index contributed by atoms with van der Waals surface area (Å²) in [4.78, 5) is 4.38. The number of imidazole rings is 1. The molecule has 0 amide bonds. The van der Waals surface area contributed by atoms with Crippen LogP contribution in [-0.2, 0) is 13.5 Å². The van der Waals surface area contributed by atoms with E-state index in [1.54, 1.807) is 0 Å². The Balaban J connectivity index is 1.81. The first-order valence-electron chi connectivity index (χ1n) is 6.56. The van der Waals surface area contributed by atoms with Crippen molar-refractivity contribution in [3.63, 3.8) is 0 Å². The number of rotatable bonds is 7. The zero-order valence-corrected chi connectivity index (χ0v) is 11.2. The average molecular weight is 246 g/mol. The van der Waals surface area contributed by atoms with E-state index in [9.17, 15) is 0 Å². The molecule has 0 unspecified atom stereocenters. The molecule has 98 valence electrons. The molecule has 2 N–H and O–H groups in total. The summed E-state index contributed by atoms with van der Waals surface area (Å²) in [5, 5.41) is 6.60. The van der Waals surface area contributed by atoms with Gasteiger partial charge in [-0.25, -0.2) is 4.98 Å². The van der Waals surface area contributed by atoms with Gasteiger partial charge >= 0.3 is 0 Å². The molecule has 0 aliphatic heterocycles. The maximum atomic E-state index is 4.38. The Morgan fingerprint density at radius 3 is 2.94 bits per heavy atom. The highest BCUT2D eigenvalue weighted by molar-refractivity contribution is 5.75. The van der Waals surface area contributed by atoms with Crippen LogP contribution in [0.4, 0.5) is 0 Å². The van der Waals surface area contributed by atoms with E-state index < -0.39 is 0 Å². The van der Waals surface area contributed by atoms with E-state index in [1.807, 2.05) is 20.4 Å². The van der Waals surface area contributed by atoms with Crippen LogP contribution in [0.1, 0.15) is 12.0 Å². The van der Waals surface area contributed by atoms with E-state index in [1.165, 1.54) is 17.5 Å². The van der Waals surface area contributed by atoms with Gasteiger partial charge in [-0.3, -0.25) is 0 Å². The van der Waals surface area contributed by atoms with Crippen LogP contribution in [0.25, 0.3) is 11.0 Å². The summed E-state index contributed by atoms with van der Waals surface area (Å²) in [6, 6.07) is 6.53. The number of nitrogens with one attached hydrogen (secondary N) is 2. The molecule has 0 saturated carbocycles. The van der Waals surface area contributed by atoms with Crippen molar-refractivity contribution in [2.45, 2.75) is 12.8 Å². The molecule has 0 bridgehead atoms. The van der Waals surface area contributed by atoms with Gasteiger partial charge in [0.05, 0.1) is 17.4 Å². The molecule has 0 spiro atoms. The zero-order chi connectivity index (χ0) is 12.8. The second-order valence-electron chi connectivity index (χ2n) is 4.64. The van der Waals surface area contributed by atoms with E-state index in [2.05, 4.69) is 38.4 Å². The summed E-state index contributed by atoms with van der Waals surface area (Å²) < 4.78 is 2.05. The lowest BCUT2D eigenvalue weighted by Crippen LogP contribution is -2.21. The van der Waals surface area contributed by atoms with Crippen LogP contribution in [0.3, 0.4) is 0 Å². The van der Waals surface area contributed by atoms with Crippen LogP contribution in [0.5, 0.6) is 0 Å². The highest BCUT2D eigenvalue weighted by Crippen LogP contribution is 2.13. The Morgan fingerprint density at radius 2 is 2.11 bits per heavy atom. The summed E-state index contributed by atoms with van der Waals surface area (Å²) >= 11 is 0. The first-order chi connectivity index (χ1) is 8.81. The summed E-state index contributed by atoms with van der Waals surface area (Å²) in [5.74, 6) is 0. The number of aryl methyl sites for hydroxylation is 1. The third-order valence-corrected chi connectivity index (χ3v) is 3.16. The largest absolute Gasteiger partial charge is 0.334 e. The molecule has 2 rings (SSSR count). The lowest BCUT2D eigenvalue weighted by atomic mass is 10.1. The quantitative estimate of drug-likeness (QED) is 0.724. The fraction of sp³-hybridized carbons (Fsp3) is 0.500. The molecule has 18 heavy (non-hydrogen) atoms. The highest BCUT2D eigenvalue weighted by Gasteiger charge is 2.00. The minimum absolute atomic E-state index is 1.03. The smallest absolute Gasteiger partial charge is 0.0955 e. The summed E-state index contributed by atoms with van der Waals surface area (Å²) in [7, 11) is 4.01. The van der Waals surface area contributed by atoms with Gasteiger partial charge < -0.3 is 15.2 Å². The third kappa shape index (κ3) is 3.31. The first-order valence-corrected chi connectivity index (χ1v) is 6.56. The molecule has 4 heteroatoms. The molecule has 0 aliphatic carbocycles. The summed E-state index contributed by atoms with van der Waals surface area (Å²) in [5.41, 5.74) is 3.63. The van der Waals surface area contributed by atoms with Gasteiger partial charge in [-0.05, 0) is 57.2 Å². The van der Waals surface area contributed by atoms with E-state index in [4.69, 9.17) is 0 Å². The average Bonchev–Trinajstić information content (AvgIpc) is 2.75. The van der Waals surface area contributed by atoms with Gasteiger partial charge in [0.25, 0.3) is 0 Å². The Kier molecular flexibility index (Phi) is 4.73. The van der Waals surface area contributed by atoms with Crippen LogP contribution < -0.4 is 10.6 Å². The highest BCUT2D eigenvalue weighted by atomic mass is 15.0. The molecular weight excluding hydrogens is 224 g/mol. The molecule has 1 heterocycles. The van der Waals surface area contributed by atoms with Gasteiger partial charge in [0.15, 0.2) is 0 Å². The minimum atomic E-state index is 1.03. The van der Waals surface area contributed by atoms with Gasteiger partial charge in [0.2, 0.25) is 0 Å². The molecule has 4 nitrogen and oxygen atoms in total. The predicted octanol–water partition coefficient (Wildman–Crippen LogP) is 1.31. The predicted molar refractivity (Wildman–Crippen MR) is 75.8 cm³/mol. The summed E-state index contributed by atoms with van der Waals surface area (Å²) in [6.45, 7) is 3.18. The Bertz CT molecular complexity index is 489. The molecule has 0 aliphatic rings. The van der Waals surface area contributed by atoms with E-state index >= 15 is 0 Å². The molecule has 1 aromatic carbocycles. The van der Waals surface area contributed by atoms with Crippen LogP contribution >= 0.6 is 0 Å². The molecule has 2 aromatic rings. The maximum absolute atomic E-state index is 4.38. The van der Waals surface area contributed by atoms with Gasteiger partial charge in [-0.1, -0.05) is 6.07 Å². The van der Waals surface area contributed by atoms with Crippen LogP contribution in [0, 0.1) is 0 Å². The lowest BCUT2D eigenvalue weighted by molar-refractivity contribution is 0.625. The zero-order valence-electron chi connectivity index (χ0n) is 11.2. The van der Waals surface area contributed by atoms with Crippen molar-refractivity contribution in [3.05, 3.63) is 30.1 Å². The van der Waals surface area contributed by atoms with Crippen molar-refractivity contribution in [3.8, 4) is 0 Å². The van der Waals surface area contributed by atoms with Crippen molar-refractivity contribution >= 4 is 11.0 Å². The number of benzene rings is 1. The SMILES string of the molecule is CNCCCNCCc1ccc2c(c1)ncn2C. The van der Waals surface area contributed by atoms with Crippen molar-refractivity contribution in [2.75, 3.05) is 26.7 Å². The topological polar surface area (TPSA) is 41.9 Å². The van der Waals surface area contributed by atoms with Crippen molar-refractivity contribution in [1.82, 2.24) is 20.2 Å². The molecule has 0 saturated heterocycles. The standard InChI is InChI=1S/C14H22N4/c1-15-7-3-8-16-9-6-12-4-5-14-13(10-12)17-11-18(14)2/h4-5,10-11,15-16H,3,6-9H2,1-2H3. The van der Waals surface area contributed by atoms with Crippen molar-refractivity contribution < 1.29 is 0 Å². The monoisotopic (exact) mass is 246 g/mol. The maximum Gasteiger partial charge on any atom is 0.0955 e. The number of nitrogens with zero attached hydrogens (tertiary/aromatic N) is 2. The Morgan fingerprint density at radius 1 is 1.22 bits per heavy atom. The number of hydrogen-bond acceptors (Lipinski definition) is 3. The normalized spacial score (nSPS) is 11.2. The Labute approximate surface area is 108 Å². The molecule has 0 atom stereocenters. The van der Waals surface area contributed by atoms with Crippen LogP contribution in [0.15, 0.2) is 24.5 Å². The van der Waals surface area contributed by atoms with Gasteiger partial charge in [0, 0.05) is 7.05 Å². The molecule has 0 radical (unpaired) electrons. The minimum Gasteiger partial charge on any atom is -0.334 e. The number of hydrogen-bond donors (Lipinski definition) is 2.